The predicted molar refractivity (Wildman–Crippen MR) is 93.2 cm³/mol. The minimum absolute atomic E-state index is 0.0114. The zero-order chi connectivity index (χ0) is 16.9. The van der Waals surface area contributed by atoms with Gasteiger partial charge in [-0.05, 0) is 44.4 Å². The average molecular weight is 346 g/mol. The average Bonchev–Trinajstić information content (AvgIpc) is 3.23. The van der Waals surface area contributed by atoms with Crippen LogP contribution in [-0.4, -0.2) is 39.6 Å². The number of ether oxygens (including phenoxy) is 1. The van der Waals surface area contributed by atoms with Crippen LogP contribution < -0.4 is 4.74 Å². The van der Waals surface area contributed by atoms with Gasteiger partial charge in [-0.15, -0.1) is 11.3 Å². The largest absolute Gasteiger partial charge is 0.487 e. The van der Waals surface area contributed by atoms with Crippen LogP contribution in [0.15, 0.2) is 35.2 Å². The SMILES string of the molecule is CC(O)CC1CCCN1C(=O)c1cccc(OCc2cscn2)c1. The normalized spacial score (nSPS) is 18.6. The lowest BCUT2D eigenvalue weighted by Gasteiger charge is -2.26. The van der Waals surface area contributed by atoms with E-state index in [9.17, 15) is 9.90 Å². The van der Waals surface area contributed by atoms with E-state index in [2.05, 4.69) is 4.98 Å². The third-order valence-electron chi connectivity index (χ3n) is 4.20. The van der Waals surface area contributed by atoms with Gasteiger partial charge in [0.25, 0.3) is 5.91 Å². The van der Waals surface area contributed by atoms with Crippen molar-refractivity contribution in [3.05, 3.63) is 46.4 Å². The van der Waals surface area contributed by atoms with Gasteiger partial charge in [0.2, 0.25) is 0 Å². The van der Waals surface area contributed by atoms with Crippen LogP contribution in [0.2, 0.25) is 0 Å². The monoisotopic (exact) mass is 346 g/mol. The number of carbonyl (C=O) groups excluding carboxylic acids is 1. The van der Waals surface area contributed by atoms with Crippen LogP contribution in [0.3, 0.4) is 0 Å². The minimum atomic E-state index is -0.392. The molecule has 128 valence electrons. The Kier molecular flexibility index (Phi) is 5.48. The van der Waals surface area contributed by atoms with Gasteiger partial charge in [0, 0.05) is 23.5 Å². The molecule has 2 atom stereocenters. The highest BCUT2D eigenvalue weighted by Crippen LogP contribution is 2.25. The summed E-state index contributed by atoms with van der Waals surface area (Å²) in [5, 5.41) is 11.6. The Bertz CT molecular complexity index is 673. The second-order valence-electron chi connectivity index (χ2n) is 6.18. The number of nitrogens with zero attached hydrogens (tertiary/aromatic N) is 2. The van der Waals surface area contributed by atoms with Gasteiger partial charge in [0.05, 0.1) is 17.3 Å². The fourth-order valence-electron chi connectivity index (χ4n) is 3.09. The Morgan fingerprint density at radius 3 is 3.17 bits per heavy atom. The van der Waals surface area contributed by atoms with Gasteiger partial charge in [-0.3, -0.25) is 4.79 Å². The van der Waals surface area contributed by atoms with Crippen LogP contribution in [0.1, 0.15) is 42.2 Å². The summed E-state index contributed by atoms with van der Waals surface area (Å²) in [6, 6.07) is 7.41. The van der Waals surface area contributed by atoms with Gasteiger partial charge in [-0.25, -0.2) is 4.98 Å². The summed E-state index contributed by atoms with van der Waals surface area (Å²) in [7, 11) is 0. The number of carbonyl (C=O) groups is 1. The van der Waals surface area contributed by atoms with E-state index in [1.807, 2.05) is 28.5 Å². The number of amides is 1. The Hall–Kier alpha value is -1.92. The summed E-state index contributed by atoms with van der Waals surface area (Å²) in [4.78, 5) is 18.9. The Labute approximate surface area is 145 Å². The molecule has 24 heavy (non-hydrogen) atoms. The van der Waals surface area contributed by atoms with Crippen molar-refractivity contribution >= 4 is 17.2 Å². The fraction of sp³-hybridized carbons (Fsp3) is 0.444. The van der Waals surface area contributed by atoms with Crippen molar-refractivity contribution in [3.8, 4) is 5.75 Å². The molecule has 0 saturated carbocycles. The zero-order valence-electron chi connectivity index (χ0n) is 13.7. The molecule has 0 radical (unpaired) electrons. The van der Waals surface area contributed by atoms with Crippen molar-refractivity contribution in [1.29, 1.82) is 0 Å². The first-order valence-electron chi connectivity index (χ1n) is 8.22. The van der Waals surface area contributed by atoms with Gasteiger partial charge >= 0.3 is 0 Å². The molecule has 0 aliphatic carbocycles. The second-order valence-corrected chi connectivity index (χ2v) is 6.89. The van der Waals surface area contributed by atoms with Gasteiger partial charge in [-0.2, -0.15) is 0 Å². The first-order valence-corrected chi connectivity index (χ1v) is 9.16. The van der Waals surface area contributed by atoms with Gasteiger partial charge < -0.3 is 14.7 Å². The number of hydrogen-bond acceptors (Lipinski definition) is 5. The summed E-state index contributed by atoms with van der Waals surface area (Å²) < 4.78 is 5.73. The lowest BCUT2D eigenvalue weighted by Crippen LogP contribution is -2.37. The fourth-order valence-corrected chi connectivity index (χ4v) is 3.64. The number of benzene rings is 1. The maximum Gasteiger partial charge on any atom is 0.254 e. The lowest BCUT2D eigenvalue weighted by molar-refractivity contribution is 0.0681. The van der Waals surface area contributed by atoms with Crippen LogP contribution in [0, 0.1) is 0 Å². The van der Waals surface area contributed by atoms with Crippen LogP contribution in [0.4, 0.5) is 0 Å². The number of aliphatic hydroxyl groups is 1. The zero-order valence-corrected chi connectivity index (χ0v) is 14.5. The molecule has 0 spiro atoms. The summed E-state index contributed by atoms with van der Waals surface area (Å²) in [6.45, 7) is 2.92. The van der Waals surface area contributed by atoms with Crippen molar-refractivity contribution in [1.82, 2.24) is 9.88 Å². The standard InChI is InChI=1S/C18H22N2O3S/c1-13(21)8-16-5-3-7-20(16)18(22)14-4-2-6-17(9-14)23-10-15-11-24-12-19-15/h2,4,6,9,11-13,16,21H,3,5,7-8,10H2,1H3. The molecule has 2 heterocycles. The Morgan fingerprint density at radius 2 is 2.42 bits per heavy atom. The molecule has 5 nitrogen and oxygen atoms in total. The van der Waals surface area contributed by atoms with Crippen molar-refractivity contribution in [2.24, 2.45) is 0 Å². The molecular weight excluding hydrogens is 324 g/mol. The first-order chi connectivity index (χ1) is 11.6. The number of rotatable bonds is 6. The molecule has 1 fully saturated rings. The molecule has 2 unspecified atom stereocenters. The van der Waals surface area contributed by atoms with Crippen LogP contribution >= 0.6 is 11.3 Å². The number of aliphatic hydroxyl groups excluding tert-OH is 1. The summed E-state index contributed by atoms with van der Waals surface area (Å²) in [5.74, 6) is 0.678. The first kappa shape index (κ1) is 16.9. The summed E-state index contributed by atoms with van der Waals surface area (Å²) in [6.07, 6.45) is 2.18. The van der Waals surface area contributed by atoms with Gasteiger partial charge in [0.1, 0.15) is 12.4 Å². The molecule has 0 bridgehead atoms. The number of likely N-dealkylation sites (tertiary alicyclic amines) is 1. The second kappa shape index (κ2) is 7.77. The number of hydrogen-bond donors (Lipinski definition) is 1. The van der Waals surface area contributed by atoms with Gasteiger partial charge in [0.15, 0.2) is 0 Å². The molecule has 3 rings (SSSR count). The Balaban J connectivity index is 1.67. The molecule has 1 amide bonds. The van der Waals surface area contributed by atoms with Gasteiger partial charge in [-0.1, -0.05) is 6.07 Å². The summed E-state index contributed by atoms with van der Waals surface area (Å²) in [5.41, 5.74) is 3.28. The molecule has 1 aromatic heterocycles. The highest BCUT2D eigenvalue weighted by molar-refractivity contribution is 7.07. The Morgan fingerprint density at radius 1 is 1.54 bits per heavy atom. The topological polar surface area (TPSA) is 62.7 Å². The summed E-state index contributed by atoms with van der Waals surface area (Å²) >= 11 is 1.53. The van der Waals surface area contributed by atoms with E-state index in [-0.39, 0.29) is 11.9 Å². The molecule has 1 N–H and O–H groups in total. The van der Waals surface area contributed by atoms with Crippen molar-refractivity contribution in [3.63, 3.8) is 0 Å². The number of thiazole rings is 1. The highest BCUT2D eigenvalue weighted by Gasteiger charge is 2.30. The quantitative estimate of drug-likeness (QED) is 0.873. The van der Waals surface area contributed by atoms with E-state index in [0.717, 1.165) is 25.1 Å². The minimum Gasteiger partial charge on any atom is -0.487 e. The number of aromatic nitrogens is 1. The van der Waals surface area contributed by atoms with E-state index in [4.69, 9.17) is 4.74 Å². The maximum absolute atomic E-state index is 12.8. The molecule has 1 aliphatic rings. The molecule has 1 saturated heterocycles. The molecule has 1 aliphatic heterocycles. The highest BCUT2D eigenvalue weighted by atomic mass is 32.1. The van der Waals surface area contributed by atoms with E-state index < -0.39 is 6.10 Å². The van der Waals surface area contributed by atoms with Crippen molar-refractivity contribution in [2.45, 2.75) is 44.9 Å². The molecule has 2 aromatic rings. The van der Waals surface area contributed by atoms with Crippen LogP contribution in [-0.2, 0) is 6.61 Å². The lowest BCUT2D eigenvalue weighted by atomic mass is 10.1. The van der Waals surface area contributed by atoms with Crippen LogP contribution in [0.25, 0.3) is 0 Å². The predicted octanol–water partition coefficient (Wildman–Crippen LogP) is 3.10. The van der Waals surface area contributed by atoms with E-state index >= 15 is 0 Å². The molecule has 6 heteroatoms. The van der Waals surface area contributed by atoms with Crippen LogP contribution in [0.5, 0.6) is 5.75 Å². The maximum atomic E-state index is 12.8. The third-order valence-corrected chi connectivity index (χ3v) is 4.84. The molecule has 1 aromatic carbocycles. The molecular formula is C18H22N2O3S. The van der Waals surface area contributed by atoms with E-state index in [1.165, 1.54) is 11.3 Å². The smallest absolute Gasteiger partial charge is 0.254 e. The van der Waals surface area contributed by atoms with E-state index in [1.54, 1.807) is 18.5 Å². The third kappa shape index (κ3) is 4.13. The van der Waals surface area contributed by atoms with Crippen molar-refractivity contribution in [2.75, 3.05) is 6.54 Å². The van der Waals surface area contributed by atoms with E-state index in [0.29, 0.717) is 24.3 Å². The van der Waals surface area contributed by atoms with Crippen molar-refractivity contribution < 1.29 is 14.6 Å².